The fraction of sp³-hybridized carbons (Fsp3) is 0.441. The van der Waals surface area contributed by atoms with Crippen molar-refractivity contribution in [2.24, 2.45) is 11.8 Å². The first kappa shape index (κ1) is 30.3. The van der Waals surface area contributed by atoms with Gasteiger partial charge in [0.1, 0.15) is 0 Å². The van der Waals surface area contributed by atoms with Crippen molar-refractivity contribution < 1.29 is 19.4 Å². The SMILES string of the molecule is Cc1nc(C)c(C(OC(C)(C)C)C(=O)O)c(N2CC(C)CC(C)C2)c1-c1ccc(NC(=O)Cc2ccccc2)cc1. The molecule has 218 valence electrons. The number of nitrogens with one attached hydrogen (secondary N) is 1. The van der Waals surface area contributed by atoms with Crippen LogP contribution < -0.4 is 10.2 Å². The van der Waals surface area contributed by atoms with E-state index in [9.17, 15) is 14.7 Å². The molecule has 7 nitrogen and oxygen atoms in total. The molecule has 3 aromatic rings. The molecular weight excluding hydrogens is 514 g/mol. The second kappa shape index (κ2) is 12.4. The second-order valence-corrected chi connectivity index (χ2v) is 12.5. The largest absolute Gasteiger partial charge is 0.479 e. The fourth-order valence-corrected chi connectivity index (χ4v) is 5.97. The molecule has 2 heterocycles. The zero-order valence-electron chi connectivity index (χ0n) is 25.3. The Hall–Kier alpha value is -3.71. The fourth-order valence-electron chi connectivity index (χ4n) is 5.97. The number of amides is 1. The molecule has 0 spiro atoms. The topological polar surface area (TPSA) is 91.8 Å². The number of carbonyl (C=O) groups is 2. The summed E-state index contributed by atoms with van der Waals surface area (Å²) in [6, 6.07) is 17.4. The van der Waals surface area contributed by atoms with Crippen molar-refractivity contribution in [3.8, 4) is 11.1 Å². The third-order valence-corrected chi connectivity index (χ3v) is 7.39. The van der Waals surface area contributed by atoms with E-state index in [0.29, 0.717) is 35.2 Å². The van der Waals surface area contributed by atoms with E-state index in [4.69, 9.17) is 9.72 Å². The van der Waals surface area contributed by atoms with Gasteiger partial charge < -0.3 is 20.1 Å². The lowest BCUT2D eigenvalue weighted by Gasteiger charge is -2.40. The Kier molecular flexibility index (Phi) is 9.17. The predicted molar refractivity (Wildman–Crippen MR) is 164 cm³/mol. The minimum absolute atomic E-state index is 0.0833. The molecule has 41 heavy (non-hydrogen) atoms. The Labute approximate surface area is 244 Å². The molecule has 1 fully saturated rings. The van der Waals surface area contributed by atoms with Crippen molar-refractivity contribution >= 4 is 23.3 Å². The summed E-state index contributed by atoms with van der Waals surface area (Å²) in [5.41, 5.74) is 5.78. The number of benzene rings is 2. The van der Waals surface area contributed by atoms with Gasteiger partial charge in [-0.1, -0.05) is 56.3 Å². The molecule has 3 atom stereocenters. The quantitative estimate of drug-likeness (QED) is 0.311. The van der Waals surface area contributed by atoms with E-state index in [1.165, 1.54) is 0 Å². The maximum absolute atomic E-state index is 12.7. The Morgan fingerprint density at radius 3 is 2.17 bits per heavy atom. The number of anilines is 2. The summed E-state index contributed by atoms with van der Waals surface area (Å²) in [6.45, 7) is 15.6. The Balaban J connectivity index is 1.78. The Bertz CT molecular complexity index is 1370. The number of nitrogens with zero attached hydrogens (tertiary/aromatic N) is 2. The summed E-state index contributed by atoms with van der Waals surface area (Å²) in [6.07, 6.45) is 0.260. The number of aromatic nitrogens is 1. The minimum Gasteiger partial charge on any atom is -0.479 e. The number of carbonyl (C=O) groups excluding carboxylic acids is 1. The molecule has 0 bridgehead atoms. The van der Waals surface area contributed by atoms with Crippen molar-refractivity contribution in [2.45, 2.75) is 73.0 Å². The number of carboxylic acids is 1. The molecule has 1 aliphatic rings. The van der Waals surface area contributed by atoms with Crippen LogP contribution in [0.25, 0.3) is 11.1 Å². The van der Waals surface area contributed by atoms with Crippen LogP contribution in [0.5, 0.6) is 0 Å². The van der Waals surface area contributed by atoms with Gasteiger partial charge in [0.2, 0.25) is 5.91 Å². The van der Waals surface area contributed by atoms with Crippen molar-refractivity contribution in [1.82, 2.24) is 4.98 Å². The van der Waals surface area contributed by atoms with Crippen LogP contribution in [0.1, 0.15) is 69.7 Å². The molecule has 0 radical (unpaired) electrons. The first-order valence-corrected chi connectivity index (χ1v) is 14.4. The Morgan fingerprint density at radius 2 is 1.61 bits per heavy atom. The molecule has 7 heteroatoms. The molecule has 3 unspecified atom stereocenters. The molecule has 2 aromatic carbocycles. The van der Waals surface area contributed by atoms with E-state index < -0.39 is 17.7 Å². The number of aliphatic carboxylic acids is 1. The highest BCUT2D eigenvalue weighted by Crippen LogP contribution is 2.44. The van der Waals surface area contributed by atoms with Gasteiger partial charge in [-0.3, -0.25) is 9.78 Å². The highest BCUT2D eigenvalue weighted by molar-refractivity contribution is 5.93. The van der Waals surface area contributed by atoms with Crippen LogP contribution in [0.2, 0.25) is 0 Å². The summed E-state index contributed by atoms with van der Waals surface area (Å²) >= 11 is 0. The number of aryl methyl sites for hydroxylation is 2. The molecule has 4 rings (SSSR count). The van der Waals surface area contributed by atoms with E-state index >= 15 is 0 Å². The van der Waals surface area contributed by atoms with Crippen LogP contribution in [0.15, 0.2) is 54.6 Å². The molecule has 1 amide bonds. The van der Waals surface area contributed by atoms with Gasteiger partial charge in [-0.15, -0.1) is 0 Å². The van der Waals surface area contributed by atoms with Gasteiger partial charge in [-0.05, 0) is 76.1 Å². The number of ether oxygens (including phenoxy) is 1. The Morgan fingerprint density at radius 1 is 1.00 bits per heavy atom. The monoisotopic (exact) mass is 557 g/mol. The average molecular weight is 558 g/mol. The lowest BCUT2D eigenvalue weighted by atomic mass is 9.88. The zero-order valence-corrected chi connectivity index (χ0v) is 25.3. The molecular formula is C34H43N3O4. The molecule has 1 aliphatic heterocycles. The summed E-state index contributed by atoms with van der Waals surface area (Å²) in [7, 11) is 0. The highest BCUT2D eigenvalue weighted by atomic mass is 16.5. The first-order chi connectivity index (χ1) is 19.3. The van der Waals surface area contributed by atoms with Crippen LogP contribution in [0, 0.1) is 25.7 Å². The van der Waals surface area contributed by atoms with Gasteiger partial charge in [0.25, 0.3) is 0 Å². The van der Waals surface area contributed by atoms with Crippen LogP contribution in [-0.2, 0) is 20.7 Å². The summed E-state index contributed by atoms with van der Waals surface area (Å²) in [5, 5.41) is 13.4. The van der Waals surface area contributed by atoms with E-state index in [1.807, 2.05) is 89.2 Å². The molecule has 1 saturated heterocycles. The number of pyridine rings is 1. The number of hydrogen-bond donors (Lipinski definition) is 2. The van der Waals surface area contributed by atoms with Crippen molar-refractivity contribution in [2.75, 3.05) is 23.3 Å². The predicted octanol–water partition coefficient (Wildman–Crippen LogP) is 6.97. The smallest absolute Gasteiger partial charge is 0.337 e. The van der Waals surface area contributed by atoms with Crippen LogP contribution in [0.3, 0.4) is 0 Å². The van der Waals surface area contributed by atoms with Gasteiger partial charge in [-0.2, -0.15) is 0 Å². The third kappa shape index (κ3) is 7.53. The maximum atomic E-state index is 12.7. The van der Waals surface area contributed by atoms with Crippen LogP contribution >= 0.6 is 0 Å². The minimum atomic E-state index is -1.17. The van der Waals surface area contributed by atoms with Crippen molar-refractivity contribution in [1.29, 1.82) is 0 Å². The second-order valence-electron chi connectivity index (χ2n) is 12.5. The van der Waals surface area contributed by atoms with Crippen molar-refractivity contribution in [3.63, 3.8) is 0 Å². The summed E-state index contributed by atoms with van der Waals surface area (Å²) < 4.78 is 6.18. The zero-order chi connectivity index (χ0) is 29.9. The number of rotatable bonds is 8. The number of hydrogen-bond acceptors (Lipinski definition) is 5. The lowest BCUT2D eigenvalue weighted by Crippen LogP contribution is -2.40. The molecule has 0 saturated carbocycles. The van der Waals surface area contributed by atoms with Crippen LogP contribution in [-0.4, -0.2) is 40.7 Å². The van der Waals surface area contributed by atoms with Gasteiger partial charge in [-0.25, -0.2) is 4.79 Å². The average Bonchev–Trinajstić information content (AvgIpc) is 2.87. The normalized spacial score (nSPS) is 18.2. The van der Waals surface area contributed by atoms with Gasteiger partial charge in [0.05, 0.1) is 17.7 Å². The third-order valence-electron chi connectivity index (χ3n) is 7.39. The van der Waals surface area contributed by atoms with Gasteiger partial charge in [0.15, 0.2) is 6.10 Å². The molecule has 2 N–H and O–H groups in total. The van der Waals surface area contributed by atoms with E-state index in [0.717, 1.165) is 47.6 Å². The standard InChI is InChI=1S/C34H43N3O4/c1-21-17-22(2)20-37(19-21)31-29(23(3)35-24(4)30(31)32(33(39)40)41-34(5,6)7)26-13-15-27(16-14-26)36-28(38)18-25-11-9-8-10-12-25/h8-16,21-22,32H,17-20H2,1-7H3,(H,36,38)(H,39,40). The summed E-state index contributed by atoms with van der Waals surface area (Å²) in [5.74, 6) is -0.194. The van der Waals surface area contributed by atoms with Gasteiger partial charge >= 0.3 is 5.97 Å². The molecule has 0 aliphatic carbocycles. The highest BCUT2D eigenvalue weighted by Gasteiger charge is 2.36. The van der Waals surface area contributed by atoms with Crippen molar-refractivity contribution in [3.05, 3.63) is 77.1 Å². The van der Waals surface area contributed by atoms with E-state index in [-0.39, 0.29) is 5.91 Å². The maximum Gasteiger partial charge on any atom is 0.337 e. The van der Waals surface area contributed by atoms with Crippen LogP contribution in [0.4, 0.5) is 11.4 Å². The lowest BCUT2D eigenvalue weighted by molar-refractivity contribution is -0.160. The number of piperidine rings is 1. The number of carboxylic acid groups (broad SMARTS) is 1. The van der Waals surface area contributed by atoms with E-state index in [2.05, 4.69) is 24.1 Å². The molecule has 1 aromatic heterocycles. The van der Waals surface area contributed by atoms with E-state index in [1.54, 1.807) is 0 Å². The van der Waals surface area contributed by atoms with Gasteiger partial charge in [0, 0.05) is 41.3 Å². The first-order valence-electron chi connectivity index (χ1n) is 14.4. The summed E-state index contributed by atoms with van der Waals surface area (Å²) in [4.78, 5) is 32.5.